The number of amides is 1. The van der Waals surface area contributed by atoms with Crippen LogP contribution in [0.25, 0.3) is 16.8 Å². The summed E-state index contributed by atoms with van der Waals surface area (Å²) in [6.07, 6.45) is 0. The zero-order chi connectivity index (χ0) is 21.4. The molecule has 10 nitrogen and oxygen atoms in total. The number of hydrogen-bond acceptors (Lipinski definition) is 6. The van der Waals surface area contributed by atoms with Crippen LogP contribution in [0.4, 0.5) is 11.5 Å². The highest BCUT2D eigenvalue weighted by molar-refractivity contribution is 5.91. The molecule has 4 rings (SSSR count). The molecule has 0 aliphatic rings. The van der Waals surface area contributed by atoms with Gasteiger partial charge in [0.2, 0.25) is 5.91 Å². The normalized spacial score (nSPS) is 11.0. The summed E-state index contributed by atoms with van der Waals surface area (Å²) < 4.78 is 7.72. The van der Waals surface area contributed by atoms with Crippen LogP contribution >= 0.6 is 0 Å². The molecule has 1 amide bonds. The van der Waals surface area contributed by atoms with Crippen LogP contribution in [0.15, 0.2) is 57.7 Å². The topological polar surface area (TPSA) is 125 Å². The molecular weight excluding hydrogens is 390 g/mol. The number of benzene rings is 2. The minimum absolute atomic E-state index is 0.166. The Morgan fingerprint density at radius 3 is 2.60 bits per heavy atom. The molecule has 0 bridgehead atoms. The van der Waals surface area contributed by atoms with Crippen LogP contribution in [-0.4, -0.2) is 25.2 Å². The Labute approximate surface area is 169 Å². The van der Waals surface area contributed by atoms with Crippen molar-refractivity contribution in [1.29, 1.82) is 0 Å². The van der Waals surface area contributed by atoms with Gasteiger partial charge in [-0.25, -0.2) is 9.48 Å². The second kappa shape index (κ2) is 7.32. The predicted molar refractivity (Wildman–Crippen MR) is 109 cm³/mol. The summed E-state index contributed by atoms with van der Waals surface area (Å²) in [4.78, 5) is 35.3. The number of anilines is 1. The molecule has 0 radical (unpaired) electrons. The van der Waals surface area contributed by atoms with Crippen molar-refractivity contribution >= 4 is 28.5 Å². The van der Waals surface area contributed by atoms with E-state index in [1.807, 2.05) is 31.2 Å². The van der Waals surface area contributed by atoms with Gasteiger partial charge in [-0.1, -0.05) is 17.7 Å². The van der Waals surface area contributed by atoms with Crippen LogP contribution in [0.1, 0.15) is 11.3 Å². The highest BCUT2D eigenvalue weighted by Gasteiger charge is 2.18. The van der Waals surface area contributed by atoms with Crippen molar-refractivity contribution in [2.24, 2.45) is 0 Å². The predicted octanol–water partition coefficient (Wildman–Crippen LogP) is 2.94. The fraction of sp³-hybridized carbons (Fsp3) is 0.150. The Kier molecular flexibility index (Phi) is 4.66. The number of oxazole rings is 1. The van der Waals surface area contributed by atoms with Gasteiger partial charge in [0, 0.05) is 18.2 Å². The van der Waals surface area contributed by atoms with Crippen molar-refractivity contribution in [2.75, 3.05) is 5.32 Å². The van der Waals surface area contributed by atoms with Crippen LogP contribution < -0.4 is 11.1 Å². The van der Waals surface area contributed by atoms with Crippen LogP contribution in [0.2, 0.25) is 0 Å². The zero-order valence-electron chi connectivity index (χ0n) is 16.2. The highest BCUT2D eigenvalue weighted by atomic mass is 16.6. The lowest BCUT2D eigenvalue weighted by Crippen LogP contribution is -2.25. The molecule has 10 heteroatoms. The van der Waals surface area contributed by atoms with Crippen molar-refractivity contribution in [1.82, 2.24) is 14.3 Å². The number of aryl methyl sites for hydroxylation is 2. The van der Waals surface area contributed by atoms with Gasteiger partial charge in [-0.05, 0) is 32.0 Å². The Morgan fingerprint density at radius 2 is 1.90 bits per heavy atom. The first kappa shape index (κ1) is 19.1. The molecule has 2 aromatic carbocycles. The van der Waals surface area contributed by atoms with Gasteiger partial charge in [-0.3, -0.25) is 19.5 Å². The lowest BCUT2D eigenvalue weighted by Gasteiger charge is -2.09. The molecule has 0 aliphatic heterocycles. The molecule has 0 atom stereocenters. The number of carbonyl (C=O) groups is 1. The number of nitrogens with zero attached hydrogens (tertiary/aromatic N) is 4. The number of non-ortho nitro benzene ring substituents is 1. The summed E-state index contributed by atoms with van der Waals surface area (Å²) >= 11 is 0. The maximum Gasteiger partial charge on any atom is 0.420 e. The van der Waals surface area contributed by atoms with E-state index in [1.165, 1.54) is 18.2 Å². The first-order chi connectivity index (χ1) is 14.3. The molecule has 2 heterocycles. The number of aromatic nitrogens is 3. The zero-order valence-corrected chi connectivity index (χ0v) is 16.2. The van der Waals surface area contributed by atoms with Crippen molar-refractivity contribution in [2.45, 2.75) is 20.4 Å². The molecule has 0 saturated heterocycles. The Morgan fingerprint density at radius 1 is 1.17 bits per heavy atom. The third-order valence-corrected chi connectivity index (χ3v) is 4.54. The van der Waals surface area contributed by atoms with Gasteiger partial charge in [-0.15, -0.1) is 0 Å². The number of carbonyl (C=O) groups excluding carboxylic acids is 1. The van der Waals surface area contributed by atoms with E-state index in [9.17, 15) is 19.7 Å². The van der Waals surface area contributed by atoms with Gasteiger partial charge >= 0.3 is 5.76 Å². The van der Waals surface area contributed by atoms with Crippen molar-refractivity contribution < 1.29 is 14.1 Å². The fourth-order valence-electron chi connectivity index (χ4n) is 3.11. The summed E-state index contributed by atoms with van der Waals surface area (Å²) in [6, 6.07) is 13.1. The standard InChI is InChI=1S/C20H17N5O5/c1-12-3-5-14(6-4-12)24-18(9-13(2)22-24)21-19(26)11-23-16-10-15(25(28)29)7-8-17(16)30-20(23)27/h3-10H,11H2,1-2H3,(H,21,26). The van der Waals surface area contributed by atoms with Gasteiger partial charge in [0.15, 0.2) is 5.58 Å². The van der Waals surface area contributed by atoms with Gasteiger partial charge < -0.3 is 9.73 Å². The summed E-state index contributed by atoms with van der Waals surface area (Å²) in [5.41, 5.74) is 2.70. The van der Waals surface area contributed by atoms with E-state index in [-0.39, 0.29) is 23.3 Å². The van der Waals surface area contributed by atoms with Crippen molar-refractivity contribution in [3.8, 4) is 5.69 Å². The molecule has 0 unspecified atom stereocenters. The van der Waals surface area contributed by atoms with E-state index < -0.39 is 16.6 Å². The van der Waals surface area contributed by atoms with Crippen LogP contribution in [-0.2, 0) is 11.3 Å². The molecule has 152 valence electrons. The van der Waals surface area contributed by atoms with E-state index in [0.29, 0.717) is 11.5 Å². The van der Waals surface area contributed by atoms with Crippen molar-refractivity contribution in [3.05, 3.63) is 80.5 Å². The van der Waals surface area contributed by atoms with Gasteiger partial charge in [-0.2, -0.15) is 5.10 Å². The van der Waals surface area contributed by atoms with E-state index in [0.717, 1.165) is 15.8 Å². The molecule has 0 saturated carbocycles. The second-order valence-corrected chi connectivity index (χ2v) is 6.83. The molecule has 0 fully saturated rings. The molecule has 30 heavy (non-hydrogen) atoms. The SMILES string of the molecule is Cc1ccc(-n2nc(C)cc2NC(=O)Cn2c(=O)oc3ccc([N+](=O)[O-])cc32)cc1. The lowest BCUT2D eigenvalue weighted by molar-refractivity contribution is -0.384. The minimum Gasteiger partial charge on any atom is -0.408 e. The number of nitro benzene ring substituents is 1. The second-order valence-electron chi connectivity index (χ2n) is 6.83. The quantitative estimate of drug-likeness (QED) is 0.400. The maximum atomic E-state index is 12.7. The summed E-state index contributed by atoms with van der Waals surface area (Å²) in [5, 5.41) is 18.2. The van der Waals surface area contributed by atoms with Crippen molar-refractivity contribution in [3.63, 3.8) is 0 Å². The van der Waals surface area contributed by atoms with Gasteiger partial charge in [0.05, 0.1) is 21.8 Å². The van der Waals surface area contributed by atoms with E-state index in [1.54, 1.807) is 17.7 Å². The third-order valence-electron chi connectivity index (χ3n) is 4.54. The van der Waals surface area contributed by atoms with Gasteiger partial charge in [0.1, 0.15) is 12.4 Å². The van der Waals surface area contributed by atoms with Crippen LogP contribution in [0.3, 0.4) is 0 Å². The van der Waals surface area contributed by atoms with E-state index >= 15 is 0 Å². The smallest absolute Gasteiger partial charge is 0.408 e. The number of nitrogens with one attached hydrogen (secondary N) is 1. The third kappa shape index (κ3) is 3.58. The maximum absolute atomic E-state index is 12.7. The van der Waals surface area contributed by atoms with E-state index in [2.05, 4.69) is 10.4 Å². The average molecular weight is 407 g/mol. The first-order valence-electron chi connectivity index (χ1n) is 9.03. The average Bonchev–Trinajstić information content (AvgIpc) is 3.21. The highest BCUT2D eigenvalue weighted by Crippen LogP contribution is 2.21. The Bertz CT molecular complexity index is 1330. The molecule has 2 aromatic heterocycles. The Hall–Kier alpha value is -4.21. The fourth-order valence-corrected chi connectivity index (χ4v) is 3.11. The van der Waals surface area contributed by atoms with E-state index in [4.69, 9.17) is 4.42 Å². The molecular formula is C20H17N5O5. The summed E-state index contributed by atoms with van der Waals surface area (Å²) in [7, 11) is 0. The Balaban J connectivity index is 1.63. The van der Waals surface area contributed by atoms with Gasteiger partial charge in [0.25, 0.3) is 5.69 Å². The monoisotopic (exact) mass is 407 g/mol. The number of hydrogen-bond donors (Lipinski definition) is 1. The molecule has 0 aliphatic carbocycles. The number of fused-ring (bicyclic) bond motifs is 1. The minimum atomic E-state index is -0.774. The summed E-state index contributed by atoms with van der Waals surface area (Å²) in [6.45, 7) is 3.40. The molecule has 0 spiro atoms. The molecule has 1 N–H and O–H groups in total. The number of rotatable bonds is 5. The van der Waals surface area contributed by atoms with Crippen LogP contribution in [0, 0.1) is 24.0 Å². The summed E-state index contributed by atoms with van der Waals surface area (Å²) in [5.74, 6) is -0.836. The molecule has 4 aromatic rings. The number of nitro groups is 1. The largest absolute Gasteiger partial charge is 0.420 e. The lowest BCUT2D eigenvalue weighted by atomic mass is 10.2. The van der Waals surface area contributed by atoms with Crippen LogP contribution in [0.5, 0.6) is 0 Å². The first-order valence-corrected chi connectivity index (χ1v) is 9.03.